The lowest BCUT2D eigenvalue weighted by molar-refractivity contribution is 0.0953. The number of nitrogens with zero attached hydrogens (tertiary/aromatic N) is 1. The van der Waals surface area contributed by atoms with Gasteiger partial charge in [0.05, 0.1) is 0 Å². The Morgan fingerprint density at radius 3 is 2.64 bits per heavy atom. The summed E-state index contributed by atoms with van der Waals surface area (Å²) < 4.78 is 0. The van der Waals surface area contributed by atoms with E-state index < -0.39 is 0 Å². The Kier molecular flexibility index (Phi) is 5.42. The van der Waals surface area contributed by atoms with Gasteiger partial charge in [0.1, 0.15) is 5.75 Å². The zero-order chi connectivity index (χ0) is 15.9. The summed E-state index contributed by atoms with van der Waals surface area (Å²) in [6.45, 7) is 0.612. The summed E-state index contributed by atoms with van der Waals surface area (Å²) in [4.78, 5) is 14.1. The van der Waals surface area contributed by atoms with Crippen molar-refractivity contribution in [1.82, 2.24) is 5.32 Å². The van der Waals surface area contributed by atoms with E-state index in [0.29, 0.717) is 12.1 Å². The van der Waals surface area contributed by atoms with Crippen LogP contribution in [0.15, 0.2) is 48.5 Å². The van der Waals surface area contributed by atoms with Crippen molar-refractivity contribution in [2.24, 2.45) is 0 Å². The van der Waals surface area contributed by atoms with Gasteiger partial charge in [0.2, 0.25) is 0 Å². The van der Waals surface area contributed by atoms with Crippen molar-refractivity contribution in [1.29, 1.82) is 0 Å². The maximum atomic E-state index is 12.1. The van der Waals surface area contributed by atoms with Crippen LogP contribution in [-0.4, -0.2) is 31.7 Å². The molecule has 2 aromatic rings. The van der Waals surface area contributed by atoms with Crippen molar-refractivity contribution in [3.8, 4) is 5.75 Å². The highest BCUT2D eigenvalue weighted by Crippen LogP contribution is 2.14. The summed E-state index contributed by atoms with van der Waals surface area (Å²) in [6.07, 6.45) is 1.66. The van der Waals surface area contributed by atoms with Crippen LogP contribution in [0.4, 0.5) is 5.69 Å². The molecule has 0 saturated heterocycles. The Morgan fingerprint density at radius 2 is 1.91 bits per heavy atom. The molecule has 2 N–H and O–H groups in total. The van der Waals surface area contributed by atoms with Crippen LogP contribution < -0.4 is 10.2 Å². The molecule has 2 rings (SSSR count). The van der Waals surface area contributed by atoms with E-state index in [2.05, 4.69) is 5.32 Å². The number of phenols is 1. The first-order valence-electron chi connectivity index (χ1n) is 7.40. The number of aromatic hydroxyl groups is 1. The Morgan fingerprint density at radius 1 is 1.14 bits per heavy atom. The topological polar surface area (TPSA) is 52.6 Å². The van der Waals surface area contributed by atoms with Gasteiger partial charge in [0.25, 0.3) is 5.91 Å². The van der Waals surface area contributed by atoms with Gasteiger partial charge in [0.15, 0.2) is 0 Å². The number of amides is 1. The molecule has 0 aromatic heterocycles. The minimum atomic E-state index is -0.0559. The van der Waals surface area contributed by atoms with E-state index in [-0.39, 0.29) is 11.7 Å². The second-order valence-corrected chi connectivity index (χ2v) is 5.47. The molecule has 0 bridgehead atoms. The van der Waals surface area contributed by atoms with Gasteiger partial charge in [-0.05, 0) is 48.7 Å². The largest absolute Gasteiger partial charge is 0.508 e. The molecule has 0 spiro atoms. The average Bonchev–Trinajstić information content (AvgIpc) is 2.51. The van der Waals surface area contributed by atoms with Crippen LogP contribution in [0.1, 0.15) is 22.3 Å². The highest BCUT2D eigenvalue weighted by molar-refractivity contribution is 5.95. The van der Waals surface area contributed by atoms with Crippen molar-refractivity contribution in [3.63, 3.8) is 0 Å². The van der Waals surface area contributed by atoms with Gasteiger partial charge in [-0.25, -0.2) is 0 Å². The normalized spacial score (nSPS) is 10.3. The van der Waals surface area contributed by atoms with Crippen LogP contribution in [0.3, 0.4) is 0 Å². The van der Waals surface area contributed by atoms with Crippen LogP contribution in [0, 0.1) is 0 Å². The molecule has 0 aliphatic carbocycles. The summed E-state index contributed by atoms with van der Waals surface area (Å²) in [7, 11) is 3.90. The first-order chi connectivity index (χ1) is 10.6. The van der Waals surface area contributed by atoms with Crippen molar-refractivity contribution >= 4 is 11.6 Å². The molecular formula is C18H22N2O2. The SMILES string of the molecule is CN(C)c1cccc(C(=O)NCCCc2cccc(O)c2)c1. The molecule has 0 heterocycles. The zero-order valence-corrected chi connectivity index (χ0v) is 13.0. The Hall–Kier alpha value is -2.49. The van der Waals surface area contributed by atoms with E-state index >= 15 is 0 Å². The standard InChI is InChI=1S/C18H22N2O2/c1-20(2)16-9-4-8-15(13-16)18(22)19-11-5-7-14-6-3-10-17(21)12-14/h3-4,6,8-10,12-13,21H,5,7,11H2,1-2H3,(H,19,22). The molecule has 1 amide bonds. The predicted octanol–water partition coefficient (Wildman–Crippen LogP) is 2.82. The van der Waals surface area contributed by atoms with Crippen molar-refractivity contribution in [2.45, 2.75) is 12.8 Å². The fourth-order valence-electron chi connectivity index (χ4n) is 2.23. The van der Waals surface area contributed by atoms with Crippen LogP contribution in [0.2, 0.25) is 0 Å². The quantitative estimate of drug-likeness (QED) is 0.806. The Balaban J connectivity index is 1.82. The highest BCUT2D eigenvalue weighted by Gasteiger charge is 2.06. The van der Waals surface area contributed by atoms with Gasteiger partial charge in [-0.1, -0.05) is 18.2 Å². The van der Waals surface area contributed by atoms with Crippen LogP contribution in [0.25, 0.3) is 0 Å². The van der Waals surface area contributed by atoms with E-state index in [1.54, 1.807) is 12.1 Å². The molecule has 0 saturated carbocycles. The molecule has 4 heteroatoms. The van der Waals surface area contributed by atoms with Gasteiger partial charge in [-0.2, -0.15) is 0 Å². The average molecular weight is 298 g/mol. The summed E-state index contributed by atoms with van der Waals surface area (Å²) in [5.74, 6) is 0.224. The van der Waals surface area contributed by atoms with Gasteiger partial charge in [-0.15, -0.1) is 0 Å². The Bertz CT molecular complexity index is 638. The number of phenolic OH excluding ortho intramolecular Hbond substituents is 1. The van der Waals surface area contributed by atoms with Crippen LogP contribution >= 0.6 is 0 Å². The first-order valence-corrected chi connectivity index (χ1v) is 7.40. The monoisotopic (exact) mass is 298 g/mol. The smallest absolute Gasteiger partial charge is 0.251 e. The number of aryl methyl sites for hydroxylation is 1. The molecule has 4 nitrogen and oxygen atoms in total. The van der Waals surface area contributed by atoms with Gasteiger partial charge < -0.3 is 15.3 Å². The summed E-state index contributed by atoms with van der Waals surface area (Å²) in [5, 5.41) is 12.3. The molecular weight excluding hydrogens is 276 g/mol. The maximum absolute atomic E-state index is 12.1. The number of benzene rings is 2. The van der Waals surface area contributed by atoms with Crippen LogP contribution in [0.5, 0.6) is 5.75 Å². The Labute approximate surface area is 131 Å². The number of hydrogen-bond donors (Lipinski definition) is 2. The van der Waals surface area contributed by atoms with Crippen molar-refractivity contribution in [2.75, 3.05) is 25.5 Å². The fourth-order valence-corrected chi connectivity index (χ4v) is 2.23. The molecule has 0 fully saturated rings. The molecule has 0 aliphatic heterocycles. The molecule has 0 aliphatic rings. The molecule has 0 radical (unpaired) electrons. The lowest BCUT2D eigenvalue weighted by atomic mass is 10.1. The lowest BCUT2D eigenvalue weighted by Crippen LogP contribution is -2.25. The third kappa shape index (κ3) is 4.52. The number of carbonyl (C=O) groups excluding carboxylic acids is 1. The molecule has 2 aromatic carbocycles. The van der Waals surface area contributed by atoms with E-state index in [1.165, 1.54) is 0 Å². The van der Waals surface area contributed by atoms with Gasteiger partial charge >= 0.3 is 0 Å². The minimum absolute atomic E-state index is 0.0559. The van der Waals surface area contributed by atoms with Crippen molar-refractivity contribution < 1.29 is 9.90 Å². The number of nitrogens with one attached hydrogen (secondary N) is 1. The summed E-state index contributed by atoms with van der Waals surface area (Å²) in [5.41, 5.74) is 2.75. The first kappa shape index (κ1) is 15.9. The van der Waals surface area contributed by atoms with E-state index in [1.807, 2.05) is 55.4 Å². The number of carbonyl (C=O) groups is 1. The maximum Gasteiger partial charge on any atom is 0.251 e. The molecule has 116 valence electrons. The zero-order valence-electron chi connectivity index (χ0n) is 13.0. The van der Waals surface area contributed by atoms with Crippen LogP contribution in [-0.2, 0) is 6.42 Å². The number of rotatable bonds is 6. The van der Waals surface area contributed by atoms with E-state index in [4.69, 9.17) is 0 Å². The third-order valence-electron chi connectivity index (χ3n) is 3.46. The second kappa shape index (κ2) is 7.50. The summed E-state index contributed by atoms with van der Waals surface area (Å²) in [6, 6.07) is 14.8. The lowest BCUT2D eigenvalue weighted by Gasteiger charge is -2.13. The highest BCUT2D eigenvalue weighted by atomic mass is 16.3. The van der Waals surface area contributed by atoms with Gasteiger partial charge in [0, 0.05) is 31.9 Å². The summed E-state index contributed by atoms with van der Waals surface area (Å²) >= 11 is 0. The minimum Gasteiger partial charge on any atom is -0.508 e. The fraction of sp³-hybridized carbons (Fsp3) is 0.278. The molecule has 22 heavy (non-hydrogen) atoms. The molecule has 0 atom stereocenters. The van der Waals surface area contributed by atoms with Gasteiger partial charge in [-0.3, -0.25) is 4.79 Å². The van der Waals surface area contributed by atoms with E-state index in [9.17, 15) is 9.90 Å². The van der Waals surface area contributed by atoms with Crippen molar-refractivity contribution in [3.05, 3.63) is 59.7 Å². The van der Waals surface area contributed by atoms with E-state index in [0.717, 1.165) is 24.1 Å². The molecule has 0 unspecified atom stereocenters. The third-order valence-corrected chi connectivity index (χ3v) is 3.46. The number of anilines is 1. The predicted molar refractivity (Wildman–Crippen MR) is 89.5 cm³/mol. The second-order valence-electron chi connectivity index (χ2n) is 5.47. The number of hydrogen-bond acceptors (Lipinski definition) is 3.